The number of ether oxygens (including phenoxy) is 1. The van der Waals surface area contributed by atoms with Crippen molar-refractivity contribution in [2.75, 3.05) is 20.2 Å². The van der Waals surface area contributed by atoms with Crippen molar-refractivity contribution in [3.05, 3.63) is 89.9 Å². The van der Waals surface area contributed by atoms with E-state index in [2.05, 4.69) is 5.32 Å². The molecule has 3 rings (SSSR count). The molecular formula is C22H25N2O3+. The summed E-state index contributed by atoms with van der Waals surface area (Å²) >= 11 is 0. The monoisotopic (exact) mass is 365 g/mol. The molecule has 0 aliphatic rings. The molecule has 1 amide bonds. The molecular weight excluding hydrogens is 340 g/mol. The highest BCUT2D eigenvalue weighted by atomic mass is 16.5. The first kappa shape index (κ1) is 18.7. The van der Waals surface area contributed by atoms with Gasteiger partial charge in [-0.15, -0.1) is 0 Å². The average Bonchev–Trinajstić information content (AvgIpc) is 3.24. The second kappa shape index (κ2) is 9.59. The van der Waals surface area contributed by atoms with Gasteiger partial charge in [-0.1, -0.05) is 42.5 Å². The number of furan rings is 1. The van der Waals surface area contributed by atoms with Crippen molar-refractivity contribution in [1.82, 2.24) is 5.32 Å². The zero-order valence-corrected chi connectivity index (χ0v) is 15.4. The quantitative estimate of drug-likeness (QED) is 0.611. The van der Waals surface area contributed by atoms with Gasteiger partial charge in [0.05, 0.1) is 13.4 Å². The van der Waals surface area contributed by atoms with E-state index >= 15 is 0 Å². The zero-order chi connectivity index (χ0) is 18.9. The van der Waals surface area contributed by atoms with Crippen molar-refractivity contribution in [1.29, 1.82) is 0 Å². The number of quaternary nitrogens is 1. The minimum atomic E-state index is -0.0338. The van der Waals surface area contributed by atoms with E-state index in [0.717, 1.165) is 29.1 Å². The topological polar surface area (TPSA) is 68.1 Å². The van der Waals surface area contributed by atoms with Crippen LogP contribution >= 0.6 is 0 Å². The lowest BCUT2D eigenvalue weighted by Gasteiger charge is -2.14. The summed E-state index contributed by atoms with van der Waals surface area (Å²) in [5.41, 5.74) is 2.27. The van der Waals surface area contributed by atoms with Crippen LogP contribution < -0.4 is 15.4 Å². The highest BCUT2D eigenvalue weighted by molar-refractivity contribution is 5.76. The summed E-state index contributed by atoms with van der Waals surface area (Å²) in [7, 11) is 1.65. The van der Waals surface area contributed by atoms with E-state index in [0.29, 0.717) is 13.1 Å². The second-order valence-corrected chi connectivity index (χ2v) is 6.29. The van der Waals surface area contributed by atoms with E-state index in [-0.39, 0.29) is 11.9 Å². The summed E-state index contributed by atoms with van der Waals surface area (Å²) in [4.78, 5) is 12.2. The van der Waals surface area contributed by atoms with Crippen molar-refractivity contribution in [2.24, 2.45) is 0 Å². The molecule has 3 N–H and O–H groups in total. The maximum Gasteiger partial charge on any atom is 0.275 e. The molecule has 5 nitrogen and oxygen atoms in total. The van der Waals surface area contributed by atoms with Crippen molar-refractivity contribution >= 4 is 5.91 Å². The SMILES string of the molecule is COc1ccc(CCNC(=O)C[NH2+][C@H](c2ccccc2)c2ccco2)cc1. The van der Waals surface area contributed by atoms with Crippen LogP contribution in [0, 0.1) is 0 Å². The van der Waals surface area contributed by atoms with Gasteiger partial charge >= 0.3 is 0 Å². The molecule has 0 saturated heterocycles. The lowest BCUT2D eigenvalue weighted by Crippen LogP contribution is -2.87. The van der Waals surface area contributed by atoms with Crippen molar-refractivity contribution in [2.45, 2.75) is 12.5 Å². The number of hydrogen-bond donors (Lipinski definition) is 2. The Hall–Kier alpha value is -3.05. The minimum absolute atomic E-state index is 0.0102. The van der Waals surface area contributed by atoms with Crippen LogP contribution in [-0.2, 0) is 11.2 Å². The number of hydrogen-bond acceptors (Lipinski definition) is 3. The van der Waals surface area contributed by atoms with Crippen molar-refractivity contribution < 1.29 is 19.3 Å². The molecule has 0 radical (unpaired) electrons. The van der Waals surface area contributed by atoms with Gasteiger partial charge < -0.3 is 19.8 Å². The maximum atomic E-state index is 12.2. The predicted molar refractivity (Wildman–Crippen MR) is 103 cm³/mol. The van der Waals surface area contributed by atoms with Crippen LogP contribution in [0.2, 0.25) is 0 Å². The van der Waals surface area contributed by atoms with E-state index < -0.39 is 0 Å². The van der Waals surface area contributed by atoms with Crippen LogP contribution in [-0.4, -0.2) is 26.1 Å². The minimum Gasteiger partial charge on any atom is -0.497 e. The molecule has 5 heteroatoms. The zero-order valence-electron chi connectivity index (χ0n) is 15.4. The number of benzene rings is 2. The van der Waals surface area contributed by atoms with Crippen molar-refractivity contribution in [3.63, 3.8) is 0 Å². The Labute approximate surface area is 159 Å². The average molecular weight is 365 g/mol. The fourth-order valence-electron chi connectivity index (χ4n) is 2.98. The number of rotatable bonds is 9. The van der Waals surface area contributed by atoms with Gasteiger partial charge in [0.25, 0.3) is 5.91 Å². The standard InChI is InChI=1S/C22H24N2O3/c1-26-19-11-9-17(10-12-19)13-14-23-21(25)16-24-22(20-8-5-15-27-20)18-6-3-2-4-7-18/h2-12,15,22,24H,13-14,16H2,1H3,(H,23,25)/p+1/t22-/m1/s1. The summed E-state index contributed by atoms with van der Waals surface area (Å²) in [5.74, 6) is 1.69. The number of nitrogens with two attached hydrogens (primary N) is 1. The number of carbonyl (C=O) groups is 1. The van der Waals surface area contributed by atoms with Crippen LogP contribution in [0.4, 0.5) is 0 Å². The predicted octanol–water partition coefficient (Wildman–Crippen LogP) is 2.30. The first-order valence-electron chi connectivity index (χ1n) is 9.07. The number of nitrogens with one attached hydrogen (secondary N) is 1. The number of amides is 1. The van der Waals surface area contributed by atoms with Crippen LogP contribution in [0.25, 0.3) is 0 Å². The Kier molecular flexibility index (Phi) is 6.66. The third-order valence-corrected chi connectivity index (χ3v) is 4.44. The fraction of sp³-hybridized carbons (Fsp3) is 0.227. The van der Waals surface area contributed by atoms with E-state index in [9.17, 15) is 4.79 Å². The normalized spacial score (nSPS) is 11.7. The third-order valence-electron chi connectivity index (χ3n) is 4.44. The maximum absolute atomic E-state index is 12.2. The van der Waals surface area contributed by atoms with E-state index in [1.54, 1.807) is 13.4 Å². The fourth-order valence-corrected chi connectivity index (χ4v) is 2.98. The molecule has 0 unspecified atom stereocenters. The highest BCUT2D eigenvalue weighted by Gasteiger charge is 2.21. The van der Waals surface area contributed by atoms with Gasteiger partial charge in [-0.2, -0.15) is 0 Å². The Morgan fingerprint density at radius 1 is 1.07 bits per heavy atom. The number of methoxy groups -OCH3 is 1. The molecule has 1 aromatic heterocycles. The van der Waals surface area contributed by atoms with E-state index in [1.165, 1.54) is 0 Å². The highest BCUT2D eigenvalue weighted by Crippen LogP contribution is 2.18. The van der Waals surface area contributed by atoms with Crippen LogP contribution in [0.1, 0.15) is 22.9 Å². The molecule has 0 aliphatic heterocycles. The first-order valence-corrected chi connectivity index (χ1v) is 9.07. The molecule has 0 aliphatic carbocycles. The lowest BCUT2D eigenvalue weighted by molar-refractivity contribution is -0.678. The van der Waals surface area contributed by atoms with Gasteiger partial charge in [0.15, 0.2) is 18.3 Å². The summed E-state index contributed by atoms with van der Waals surface area (Å²) in [5, 5.41) is 4.98. The van der Waals surface area contributed by atoms with Crippen LogP contribution in [0.5, 0.6) is 5.75 Å². The Morgan fingerprint density at radius 2 is 1.85 bits per heavy atom. The molecule has 2 aromatic carbocycles. The van der Waals surface area contributed by atoms with Gasteiger partial charge in [-0.25, -0.2) is 0 Å². The van der Waals surface area contributed by atoms with E-state index in [1.807, 2.05) is 72.0 Å². The van der Waals surface area contributed by atoms with Gasteiger partial charge in [-0.05, 0) is 36.2 Å². The molecule has 140 valence electrons. The van der Waals surface area contributed by atoms with Gasteiger partial charge in [-0.3, -0.25) is 4.79 Å². The lowest BCUT2D eigenvalue weighted by atomic mass is 10.0. The first-order chi connectivity index (χ1) is 13.3. The van der Waals surface area contributed by atoms with E-state index in [4.69, 9.17) is 9.15 Å². The molecule has 0 fully saturated rings. The van der Waals surface area contributed by atoms with Gasteiger partial charge in [0, 0.05) is 12.1 Å². The third kappa shape index (κ3) is 5.46. The Balaban J connectivity index is 1.49. The molecule has 3 aromatic rings. The summed E-state index contributed by atoms with van der Waals surface area (Å²) in [6.45, 7) is 0.943. The summed E-state index contributed by atoms with van der Waals surface area (Å²) in [6, 6.07) is 21.7. The molecule has 0 bridgehead atoms. The molecule has 27 heavy (non-hydrogen) atoms. The Morgan fingerprint density at radius 3 is 2.52 bits per heavy atom. The molecule has 1 atom stereocenters. The molecule has 0 saturated carbocycles. The molecule has 0 spiro atoms. The van der Waals surface area contributed by atoms with Gasteiger partial charge in [0.1, 0.15) is 5.75 Å². The van der Waals surface area contributed by atoms with Gasteiger partial charge in [0.2, 0.25) is 0 Å². The van der Waals surface area contributed by atoms with Crippen LogP contribution in [0.15, 0.2) is 77.4 Å². The van der Waals surface area contributed by atoms with Crippen LogP contribution in [0.3, 0.4) is 0 Å². The molecule has 1 heterocycles. The summed E-state index contributed by atoms with van der Waals surface area (Å²) < 4.78 is 10.7. The smallest absolute Gasteiger partial charge is 0.275 e. The largest absolute Gasteiger partial charge is 0.497 e. The second-order valence-electron chi connectivity index (χ2n) is 6.29. The van der Waals surface area contributed by atoms with Crippen molar-refractivity contribution in [3.8, 4) is 5.75 Å². The summed E-state index contributed by atoms with van der Waals surface area (Å²) in [6.07, 6.45) is 2.45. The Bertz CT molecular complexity index is 815. The number of carbonyl (C=O) groups excluding carboxylic acids is 1.